The van der Waals surface area contributed by atoms with Crippen molar-refractivity contribution < 1.29 is 9.53 Å². The minimum atomic E-state index is -0.389. The summed E-state index contributed by atoms with van der Waals surface area (Å²) in [5.74, 6) is 0.483. The molecule has 2 atom stereocenters. The first-order valence-electron chi connectivity index (χ1n) is 5.67. The fraction of sp³-hybridized carbons (Fsp3) is 0.909. The Balaban J connectivity index is 0.00000225. The van der Waals surface area contributed by atoms with Crippen LogP contribution in [0.25, 0.3) is 0 Å². The van der Waals surface area contributed by atoms with Gasteiger partial charge in [-0.25, -0.2) is 0 Å². The molecule has 0 spiro atoms. The maximum absolute atomic E-state index is 11.7. The number of nitrogens with one attached hydrogen (secondary N) is 1. The maximum Gasteiger partial charge on any atom is 0.249 e. The molecule has 4 nitrogen and oxygen atoms in total. The van der Waals surface area contributed by atoms with Crippen LogP contribution in [0.15, 0.2) is 0 Å². The van der Waals surface area contributed by atoms with Gasteiger partial charge in [-0.2, -0.15) is 0 Å². The van der Waals surface area contributed by atoms with Crippen LogP contribution in [0.2, 0.25) is 0 Å². The Kier molecular flexibility index (Phi) is 6.30. The summed E-state index contributed by atoms with van der Waals surface area (Å²) in [4.78, 5) is 11.7. The van der Waals surface area contributed by atoms with Crippen molar-refractivity contribution in [3.8, 4) is 0 Å². The lowest BCUT2D eigenvalue weighted by atomic mass is 9.95. The molecule has 1 rings (SSSR count). The van der Waals surface area contributed by atoms with E-state index in [1.807, 2.05) is 13.8 Å². The number of carbonyl (C=O) groups is 1. The van der Waals surface area contributed by atoms with E-state index in [0.29, 0.717) is 19.1 Å². The number of hydrogen-bond donors (Lipinski definition) is 2. The minimum absolute atomic E-state index is 0. The highest BCUT2D eigenvalue weighted by atomic mass is 35.5. The van der Waals surface area contributed by atoms with E-state index in [9.17, 15) is 4.79 Å². The topological polar surface area (TPSA) is 64.3 Å². The molecule has 0 saturated heterocycles. The molecule has 1 fully saturated rings. The van der Waals surface area contributed by atoms with Crippen molar-refractivity contribution in [2.24, 2.45) is 11.7 Å². The third-order valence-electron chi connectivity index (χ3n) is 3.10. The van der Waals surface area contributed by atoms with Crippen LogP contribution in [-0.4, -0.2) is 30.7 Å². The summed E-state index contributed by atoms with van der Waals surface area (Å²) < 4.78 is 5.24. The lowest BCUT2D eigenvalue weighted by Gasteiger charge is -2.30. The Labute approximate surface area is 104 Å². The second kappa shape index (κ2) is 6.42. The van der Waals surface area contributed by atoms with Gasteiger partial charge in [0, 0.05) is 13.2 Å². The number of halogens is 1. The first kappa shape index (κ1) is 15.7. The van der Waals surface area contributed by atoms with E-state index in [2.05, 4.69) is 5.32 Å². The van der Waals surface area contributed by atoms with E-state index in [4.69, 9.17) is 10.5 Å². The second-order valence-electron chi connectivity index (χ2n) is 4.48. The number of amides is 1. The average molecular weight is 251 g/mol. The molecule has 1 amide bonds. The fourth-order valence-corrected chi connectivity index (χ4v) is 1.75. The Morgan fingerprint density at radius 1 is 1.62 bits per heavy atom. The molecule has 3 N–H and O–H groups in total. The van der Waals surface area contributed by atoms with Gasteiger partial charge >= 0.3 is 0 Å². The second-order valence-corrected chi connectivity index (χ2v) is 4.48. The molecule has 0 aromatic heterocycles. The first-order valence-corrected chi connectivity index (χ1v) is 5.67. The molecule has 0 aromatic rings. The number of ether oxygens (including phenoxy) is 1. The maximum atomic E-state index is 11.7. The summed E-state index contributed by atoms with van der Waals surface area (Å²) in [5.41, 5.74) is 5.47. The molecule has 0 bridgehead atoms. The van der Waals surface area contributed by atoms with Crippen LogP contribution in [0.5, 0.6) is 0 Å². The largest absolute Gasteiger partial charge is 0.369 e. The summed E-state index contributed by atoms with van der Waals surface area (Å²) in [6.07, 6.45) is 1.94. The van der Waals surface area contributed by atoms with Crippen molar-refractivity contribution in [3.05, 3.63) is 0 Å². The van der Waals surface area contributed by atoms with E-state index >= 15 is 0 Å². The average Bonchev–Trinajstić information content (AvgIpc) is 3.01. The number of nitrogens with two attached hydrogens (primary N) is 1. The summed E-state index contributed by atoms with van der Waals surface area (Å²) in [6.45, 7) is 6.70. The molecule has 96 valence electrons. The Bertz CT molecular complexity index is 234. The third kappa shape index (κ3) is 3.92. The van der Waals surface area contributed by atoms with Crippen LogP contribution in [0.3, 0.4) is 0 Å². The van der Waals surface area contributed by atoms with Gasteiger partial charge < -0.3 is 15.8 Å². The summed E-state index contributed by atoms with van der Waals surface area (Å²) >= 11 is 0. The molecule has 5 heteroatoms. The summed E-state index contributed by atoms with van der Waals surface area (Å²) in [5, 5.41) is 3.00. The zero-order valence-corrected chi connectivity index (χ0v) is 11.1. The molecular weight excluding hydrogens is 228 g/mol. The van der Waals surface area contributed by atoms with Crippen LogP contribution >= 0.6 is 12.4 Å². The SMILES string of the molecule is CCOC(C)C(=O)NC(C)(CN)C1CC1.Cl. The monoisotopic (exact) mass is 250 g/mol. The highest BCUT2D eigenvalue weighted by Gasteiger charge is 2.42. The van der Waals surface area contributed by atoms with Crippen molar-refractivity contribution in [3.63, 3.8) is 0 Å². The third-order valence-corrected chi connectivity index (χ3v) is 3.10. The normalized spacial score (nSPS) is 20.5. The highest BCUT2D eigenvalue weighted by Crippen LogP contribution is 2.38. The van der Waals surface area contributed by atoms with Gasteiger partial charge in [-0.1, -0.05) is 0 Å². The van der Waals surface area contributed by atoms with Crippen molar-refractivity contribution >= 4 is 18.3 Å². The molecule has 0 radical (unpaired) electrons. The van der Waals surface area contributed by atoms with E-state index in [-0.39, 0.29) is 30.0 Å². The smallest absolute Gasteiger partial charge is 0.249 e. The Morgan fingerprint density at radius 3 is 2.56 bits per heavy atom. The molecule has 2 unspecified atom stereocenters. The van der Waals surface area contributed by atoms with Crippen LogP contribution in [0, 0.1) is 5.92 Å². The Morgan fingerprint density at radius 2 is 2.19 bits per heavy atom. The van der Waals surface area contributed by atoms with Crippen LogP contribution in [0.1, 0.15) is 33.6 Å². The lowest BCUT2D eigenvalue weighted by molar-refractivity contribution is -0.133. The Hall–Kier alpha value is -0.320. The molecule has 16 heavy (non-hydrogen) atoms. The van der Waals surface area contributed by atoms with Gasteiger partial charge in [-0.3, -0.25) is 4.79 Å². The molecule has 0 aromatic carbocycles. The van der Waals surface area contributed by atoms with Gasteiger partial charge in [-0.15, -0.1) is 12.4 Å². The van der Waals surface area contributed by atoms with E-state index in [1.54, 1.807) is 6.92 Å². The first-order chi connectivity index (χ1) is 7.03. The van der Waals surface area contributed by atoms with Gasteiger partial charge in [0.1, 0.15) is 6.10 Å². The fourth-order valence-electron chi connectivity index (χ4n) is 1.75. The van der Waals surface area contributed by atoms with Crippen molar-refractivity contribution in [2.45, 2.75) is 45.3 Å². The van der Waals surface area contributed by atoms with Crippen LogP contribution in [-0.2, 0) is 9.53 Å². The summed E-state index contributed by atoms with van der Waals surface area (Å²) in [7, 11) is 0. The summed E-state index contributed by atoms with van der Waals surface area (Å²) in [6, 6.07) is 0. The van der Waals surface area contributed by atoms with E-state index < -0.39 is 0 Å². The van der Waals surface area contributed by atoms with Gasteiger partial charge in [0.15, 0.2) is 0 Å². The quantitative estimate of drug-likeness (QED) is 0.742. The van der Waals surface area contributed by atoms with Crippen molar-refractivity contribution in [2.75, 3.05) is 13.2 Å². The standard InChI is InChI=1S/C11H22N2O2.ClH/c1-4-15-8(2)10(14)13-11(3,7-12)9-5-6-9;/h8-9H,4-7,12H2,1-3H3,(H,13,14);1H. The number of hydrogen-bond acceptors (Lipinski definition) is 3. The minimum Gasteiger partial charge on any atom is -0.369 e. The van der Waals surface area contributed by atoms with Gasteiger partial charge in [0.05, 0.1) is 5.54 Å². The van der Waals surface area contributed by atoms with Crippen molar-refractivity contribution in [1.82, 2.24) is 5.32 Å². The number of carbonyl (C=O) groups excluding carboxylic acids is 1. The van der Waals surface area contributed by atoms with Gasteiger partial charge in [-0.05, 0) is 39.5 Å². The van der Waals surface area contributed by atoms with Crippen molar-refractivity contribution in [1.29, 1.82) is 0 Å². The predicted molar refractivity (Wildman–Crippen MR) is 66.7 cm³/mol. The predicted octanol–water partition coefficient (Wildman–Crippen LogP) is 1.08. The van der Waals surface area contributed by atoms with E-state index in [0.717, 1.165) is 12.8 Å². The molecular formula is C11H23ClN2O2. The zero-order chi connectivity index (χ0) is 11.5. The zero-order valence-electron chi connectivity index (χ0n) is 10.3. The van der Waals surface area contributed by atoms with E-state index in [1.165, 1.54) is 0 Å². The van der Waals surface area contributed by atoms with Crippen LogP contribution in [0.4, 0.5) is 0 Å². The molecule has 0 heterocycles. The lowest BCUT2D eigenvalue weighted by Crippen LogP contribution is -2.55. The number of rotatable bonds is 6. The molecule has 0 aliphatic heterocycles. The molecule has 1 saturated carbocycles. The van der Waals surface area contributed by atoms with Gasteiger partial charge in [0.25, 0.3) is 0 Å². The van der Waals surface area contributed by atoms with Gasteiger partial charge in [0.2, 0.25) is 5.91 Å². The highest BCUT2D eigenvalue weighted by molar-refractivity contribution is 5.85. The van der Waals surface area contributed by atoms with Crippen LogP contribution < -0.4 is 11.1 Å². The molecule has 1 aliphatic rings. The molecule has 1 aliphatic carbocycles.